The van der Waals surface area contributed by atoms with Crippen LogP contribution in [0.2, 0.25) is 0 Å². The van der Waals surface area contributed by atoms with Crippen LogP contribution in [0.25, 0.3) is 0 Å². The Morgan fingerprint density at radius 3 is 2.62 bits per heavy atom. The fraction of sp³-hybridized carbons (Fsp3) is 0.500. The van der Waals surface area contributed by atoms with Gasteiger partial charge in [-0.25, -0.2) is 0 Å². The first-order valence-electron chi connectivity index (χ1n) is 7.10. The second-order valence-corrected chi connectivity index (χ2v) is 7.03. The second-order valence-electron chi connectivity index (χ2n) is 5.38. The van der Waals surface area contributed by atoms with Crippen LogP contribution in [-0.2, 0) is 10.2 Å². The van der Waals surface area contributed by atoms with Crippen molar-refractivity contribution in [2.75, 3.05) is 6.54 Å². The predicted octanol–water partition coefficient (Wildman–Crippen LogP) is 1.37. The van der Waals surface area contributed by atoms with Crippen molar-refractivity contribution >= 4 is 16.0 Å². The molecule has 0 amide bonds. The largest absolute Gasteiger partial charge is 0.386 e. The van der Waals surface area contributed by atoms with Crippen LogP contribution >= 0.6 is 0 Å². The van der Waals surface area contributed by atoms with Gasteiger partial charge in [-0.05, 0) is 25.3 Å². The Morgan fingerprint density at radius 2 is 2.05 bits per heavy atom. The number of hydrogen-bond acceptors (Lipinski definition) is 3. The number of nitrogens with zero attached hydrogens (tertiary/aromatic N) is 1. The van der Waals surface area contributed by atoms with Gasteiger partial charge in [-0.15, -0.1) is 0 Å². The lowest BCUT2D eigenvalue weighted by atomic mass is 10.1. The number of nitrogens with one attached hydrogen (secondary N) is 2. The molecule has 0 radical (unpaired) electrons. The summed E-state index contributed by atoms with van der Waals surface area (Å²) in [6.07, 6.45) is 2.76. The maximum atomic E-state index is 12.5. The molecule has 4 N–H and O–H groups in total. The molecule has 21 heavy (non-hydrogen) atoms. The Balaban J connectivity index is 2.22. The van der Waals surface area contributed by atoms with E-state index < -0.39 is 16.3 Å². The minimum atomic E-state index is -3.66. The van der Waals surface area contributed by atoms with Crippen LogP contribution in [0.15, 0.2) is 30.3 Å². The topological polar surface area (TPSA) is 99.3 Å². The van der Waals surface area contributed by atoms with Crippen LogP contribution < -0.4 is 10.5 Å². The van der Waals surface area contributed by atoms with E-state index >= 15 is 0 Å². The molecule has 1 saturated heterocycles. The lowest BCUT2D eigenvalue weighted by Gasteiger charge is -2.33. The minimum Gasteiger partial charge on any atom is -0.386 e. The molecule has 2 atom stereocenters. The van der Waals surface area contributed by atoms with E-state index in [1.54, 1.807) is 24.3 Å². The van der Waals surface area contributed by atoms with Gasteiger partial charge < -0.3 is 5.73 Å². The molecule has 1 aliphatic rings. The first kappa shape index (κ1) is 15.9. The van der Waals surface area contributed by atoms with Gasteiger partial charge in [0, 0.05) is 12.6 Å². The van der Waals surface area contributed by atoms with Gasteiger partial charge >= 0.3 is 0 Å². The predicted molar refractivity (Wildman–Crippen MR) is 83.2 cm³/mol. The lowest BCUT2D eigenvalue weighted by Crippen LogP contribution is -2.50. The fourth-order valence-corrected chi connectivity index (χ4v) is 4.25. The van der Waals surface area contributed by atoms with E-state index in [2.05, 4.69) is 4.72 Å². The summed E-state index contributed by atoms with van der Waals surface area (Å²) in [5, 5.41) is 7.67. The van der Waals surface area contributed by atoms with Gasteiger partial charge in [0.05, 0.1) is 0 Å². The van der Waals surface area contributed by atoms with Crippen molar-refractivity contribution in [2.45, 2.75) is 38.3 Å². The maximum absolute atomic E-state index is 12.5. The molecule has 6 nitrogen and oxygen atoms in total. The number of benzene rings is 1. The average Bonchev–Trinajstić information content (AvgIpc) is 2.46. The molecule has 0 saturated carbocycles. The van der Waals surface area contributed by atoms with Crippen molar-refractivity contribution in [3.8, 4) is 0 Å². The lowest BCUT2D eigenvalue weighted by molar-refractivity contribution is 0.265. The Bertz CT molecular complexity index is 588. The molecule has 0 aliphatic carbocycles. The van der Waals surface area contributed by atoms with E-state index in [0.717, 1.165) is 19.3 Å². The minimum absolute atomic E-state index is 0.0281. The number of hydrogen-bond donors (Lipinski definition) is 3. The third kappa shape index (κ3) is 3.81. The number of amidine groups is 1. The van der Waals surface area contributed by atoms with Crippen LogP contribution in [0, 0.1) is 5.41 Å². The van der Waals surface area contributed by atoms with E-state index in [1.807, 2.05) is 13.0 Å². The smallest absolute Gasteiger partial charge is 0.280 e. The summed E-state index contributed by atoms with van der Waals surface area (Å²) >= 11 is 0. The van der Waals surface area contributed by atoms with Crippen LogP contribution in [0.3, 0.4) is 0 Å². The molecule has 0 bridgehead atoms. The van der Waals surface area contributed by atoms with Crippen molar-refractivity contribution in [1.82, 2.24) is 9.03 Å². The zero-order valence-electron chi connectivity index (χ0n) is 12.1. The second kappa shape index (κ2) is 6.55. The SMILES string of the molecule is CC1CCCCN1S(=O)(=O)NC(C(=N)N)c1ccccc1. The maximum Gasteiger partial charge on any atom is 0.280 e. The van der Waals surface area contributed by atoms with Crippen LogP contribution in [-0.4, -0.2) is 31.1 Å². The summed E-state index contributed by atoms with van der Waals surface area (Å²) < 4.78 is 29.1. The molecule has 1 aromatic carbocycles. The van der Waals surface area contributed by atoms with E-state index in [9.17, 15) is 8.42 Å². The van der Waals surface area contributed by atoms with Crippen molar-refractivity contribution in [3.05, 3.63) is 35.9 Å². The molecule has 7 heteroatoms. The summed E-state index contributed by atoms with van der Waals surface area (Å²) in [6.45, 7) is 2.42. The van der Waals surface area contributed by atoms with Crippen LogP contribution in [0.1, 0.15) is 37.8 Å². The van der Waals surface area contributed by atoms with Gasteiger partial charge in [0.25, 0.3) is 10.2 Å². The monoisotopic (exact) mass is 310 g/mol. The first-order chi connectivity index (χ1) is 9.92. The van der Waals surface area contributed by atoms with Gasteiger partial charge in [-0.2, -0.15) is 17.4 Å². The van der Waals surface area contributed by atoms with Gasteiger partial charge in [-0.1, -0.05) is 36.8 Å². The molecular formula is C14H22N4O2S. The Morgan fingerprint density at radius 1 is 1.38 bits per heavy atom. The molecular weight excluding hydrogens is 288 g/mol. The van der Waals surface area contributed by atoms with Gasteiger partial charge in [0.2, 0.25) is 0 Å². The first-order valence-corrected chi connectivity index (χ1v) is 8.54. The Kier molecular flexibility index (Phi) is 4.97. The quantitative estimate of drug-likeness (QED) is 0.566. The van der Waals surface area contributed by atoms with Gasteiger partial charge in [-0.3, -0.25) is 5.41 Å². The number of piperidine rings is 1. The standard InChI is InChI=1S/C14H22N4O2S/c1-11-7-5-6-10-18(11)21(19,20)17-13(14(15)16)12-8-3-2-4-9-12/h2-4,8-9,11,13,17H,5-7,10H2,1H3,(H3,15,16). The summed E-state index contributed by atoms with van der Waals surface area (Å²) in [4.78, 5) is 0. The molecule has 2 rings (SSSR count). The van der Waals surface area contributed by atoms with Crippen LogP contribution in [0.5, 0.6) is 0 Å². The third-order valence-electron chi connectivity index (χ3n) is 3.76. The average molecular weight is 310 g/mol. The van der Waals surface area contributed by atoms with Crippen molar-refractivity contribution < 1.29 is 8.42 Å². The highest BCUT2D eigenvalue weighted by atomic mass is 32.2. The summed E-state index contributed by atoms with van der Waals surface area (Å²) in [5.41, 5.74) is 6.24. The number of rotatable bonds is 5. The van der Waals surface area contributed by atoms with E-state index in [4.69, 9.17) is 11.1 Å². The molecule has 1 aromatic rings. The molecule has 1 aliphatic heterocycles. The molecule has 116 valence electrons. The third-order valence-corrected chi connectivity index (χ3v) is 5.45. The highest BCUT2D eigenvalue weighted by Crippen LogP contribution is 2.21. The summed E-state index contributed by atoms with van der Waals surface area (Å²) in [5.74, 6) is -0.213. The summed E-state index contributed by atoms with van der Waals surface area (Å²) in [6, 6.07) is 8.08. The molecule has 0 aromatic heterocycles. The van der Waals surface area contributed by atoms with E-state index in [-0.39, 0.29) is 11.9 Å². The van der Waals surface area contributed by atoms with E-state index in [0.29, 0.717) is 12.1 Å². The van der Waals surface area contributed by atoms with Gasteiger partial charge in [0.1, 0.15) is 11.9 Å². The Labute approximate surface area is 126 Å². The summed E-state index contributed by atoms with van der Waals surface area (Å²) in [7, 11) is -3.66. The van der Waals surface area contributed by atoms with Gasteiger partial charge in [0.15, 0.2) is 0 Å². The van der Waals surface area contributed by atoms with Crippen molar-refractivity contribution in [3.63, 3.8) is 0 Å². The zero-order valence-corrected chi connectivity index (χ0v) is 12.9. The highest BCUT2D eigenvalue weighted by Gasteiger charge is 2.32. The van der Waals surface area contributed by atoms with Crippen LogP contribution in [0.4, 0.5) is 0 Å². The number of nitrogens with two attached hydrogens (primary N) is 1. The molecule has 2 unspecified atom stereocenters. The molecule has 1 heterocycles. The fourth-order valence-electron chi connectivity index (χ4n) is 2.60. The zero-order chi connectivity index (χ0) is 15.5. The normalized spacial score (nSPS) is 21.9. The molecule has 0 spiro atoms. The molecule has 1 fully saturated rings. The van der Waals surface area contributed by atoms with E-state index in [1.165, 1.54) is 4.31 Å². The van der Waals surface area contributed by atoms with Crippen molar-refractivity contribution in [2.24, 2.45) is 5.73 Å². The Hall–Kier alpha value is -1.44. The highest BCUT2D eigenvalue weighted by molar-refractivity contribution is 7.87. The van der Waals surface area contributed by atoms with Crippen molar-refractivity contribution in [1.29, 1.82) is 5.41 Å².